The highest BCUT2D eigenvalue weighted by molar-refractivity contribution is 7.98. The fourth-order valence-electron chi connectivity index (χ4n) is 3.54. The van der Waals surface area contributed by atoms with Crippen molar-refractivity contribution in [3.63, 3.8) is 0 Å². The van der Waals surface area contributed by atoms with Crippen LogP contribution in [0.15, 0.2) is 58.2 Å². The molecule has 0 aliphatic rings. The lowest BCUT2D eigenvalue weighted by molar-refractivity contribution is 0.0947. The number of nitrogens with zero attached hydrogens (tertiary/aromatic N) is 4. The van der Waals surface area contributed by atoms with Crippen molar-refractivity contribution in [2.75, 3.05) is 0 Å². The Balaban J connectivity index is 1.48. The number of nitrogens with one attached hydrogen (secondary N) is 1. The molecule has 7 nitrogen and oxygen atoms in total. The SMILES string of the molecule is Cc1noc(C)c1CSc1ncccc1C(=O)NCc1c(C)nn(-c2ccccc2)c1C. The Morgan fingerprint density at radius 1 is 1.03 bits per heavy atom. The number of aryl methyl sites for hydroxylation is 3. The Kier molecular flexibility index (Phi) is 6.41. The molecule has 0 spiro atoms. The molecule has 0 saturated carbocycles. The quantitative estimate of drug-likeness (QED) is 0.413. The summed E-state index contributed by atoms with van der Waals surface area (Å²) < 4.78 is 7.14. The highest BCUT2D eigenvalue weighted by Crippen LogP contribution is 2.27. The molecule has 164 valence electrons. The number of hydrogen-bond acceptors (Lipinski definition) is 6. The zero-order valence-corrected chi connectivity index (χ0v) is 19.4. The molecule has 0 saturated heterocycles. The standard InChI is InChI=1S/C24H25N5O2S/c1-15-21(17(3)29(27-15)19-9-6-5-7-10-19)13-26-23(30)20-11-8-12-25-24(20)32-14-22-16(2)28-31-18(22)4/h5-12H,13-14H2,1-4H3,(H,26,30). The van der Waals surface area contributed by atoms with Gasteiger partial charge in [-0.25, -0.2) is 9.67 Å². The van der Waals surface area contributed by atoms with E-state index in [0.29, 0.717) is 22.9 Å². The Labute approximate surface area is 191 Å². The fourth-order valence-corrected chi connectivity index (χ4v) is 4.69. The molecule has 0 unspecified atom stereocenters. The predicted molar refractivity (Wildman–Crippen MR) is 124 cm³/mol. The van der Waals surface area contributed by atoms with Crippen LogP contribution in [-0.4, -0.2) is 25.8 Å². The summed E-state index contributed by atoms with van der Waals surface area (Å²) in [7, 11) is 0. The maximum Gasteiger partial charge on any atom is 0.254 e. The lowest BCUT2D eigenvalue weighted by atomic mass is 10.2. The molecule has 0 bridgehead atoms. The molecule has 1 N–H and O–H groups in total. The van der Waals surface area contributed by atoms with Crippen molar-refractivity contribution in [3.8, 4) is 5.69 Å². The zero-order chi connectivity index (χ0) is 22.7. The Morgan fingerprint density at radius 3 is 2.53 bits per heavy atom. The van der Waals surface area contributed by atoms with Gasteiger partial charge in [0.2, 0.25) is 0 Å². The third kappa shape index (κ3) is 4.45. The summed E-state index contributed by atoms with van der Waals surface area (Å²) >= 11 is 1.50. The molecule has 4 rings (SSSR count). The summed E-state index contributed by atoms with van der Waals surface area (Å²) in [5.41, 5.74) is 6.35. The van der Waals surface area contributed by atoms with Crippen molar-refractivity contribution in [1.29, 1.82) is 0 Å². The third-order valence-corrected chi connectivity index (χ3v) is 6.45. The molecule has 0 aliphatic heterocycles. The van der Waals surface area contributed by atoms with Gasteiger partial charge in [0.1, 0.15) is 10.8 Å². The van der Waals surface area contributed by atoms with Gasteiger partial charge in [-0.05, 0) is 52.0 Å². The number of rotatable bonds is 7. The number of pyridine rings is 1. The number of hydrogen-bond donors (Lipinski definition) is 1. The second-order valence-corrected chi connectivity index (χ2v) is 8.49. The maximum absolute atomic E-state index is 13.0. The van der Waals surface area contributed by atoms with Crippen molar-refractivity contribution < 1.29 is 9.32 Å². The number of carbonyl (C=O) groups excluding carboxylic acids is 1. The summed E-state index contributed by atoms with van der Waals surface area (Å²) in [4.78, 5) is 17.4. The van der Waals surface area contributed by atoms with E-state index >= 15 is 0 Å². The molecule has 4 aromatic rings. The lowest BCUT2D eigenvalue weighted by Gasteiger charge is -2.10. The van der Waals surface area contributed by atoms with E-state index in [0.717, 1.165) is 39.7 Å². The van der Waals surface area contributed by atoms with Crippen LogP contribution in [0.4, 0.5) is 0 Å². The van der Waals surface area contributed by atoms with Crippen LogP contribution in [0.3, 0.4) is 0 Å². The van der Waals surface area contributed by atoms with Crippen molar-refractivity contribution in [2.24, 2.45) is 0 Å². The number of amides is 1. The van der Waals surface area contributed by atoms with Crippen LogP contribution in [0.2, 0.25) is 0 Å². The van der Waals surface area contributed by atoms with Gasteiger partial charge in [0.05, 0.1) is 22.6 Å². The number of thioether (sulfide) groups is 1. The first-order valence-corrected chi connectivity index (χ1v) is 11.3. The third-order valence-electron chi connectivity index (χ3n) is 5.42. The number of benzene rings is 1. The van der Waals surface area contributed by atoms with Gasteiger partial charge in [0, 0.05) is 35.3 Å². The molecule has 3 heterocycles. The first-order chi connectivity index (χ1) is 15.5. The Hall–Kier alpha value is -3.39. The minimum atomic E-state index is -0.161. The number of aromatic nitrogens is 4. The minimum Gasteiger partial charge on any atom is -0.361 e. The van der Waals surface area contributed by atoms with E-state index in [9.17, 15) is 4.79 Å². The van der Waals surface area contributed by atoms with E-state index in [1.54, 1.807) is 18.3 Å². The van der Waals surface area contributed by atoms with Gasteiger partial charge in [-0.1, -0.05) is 23.4 Å². The van der Waals surface area contributed by atoms with Crippen LogP contribution in [0.1, 0.15) is 44.3 Å². The largest absolute Gasteiger partial charge is 0.361 e. The van der Waals surface area contributed by atoms with E-state index in [2.05, 4.69) is 20.6 Å². The maximum atomic E-state index is 13.0. The zero-order valence-electron chi connectivity index (χ0n) is 18.5. The van der Waals surface area contributed by atoms with Gasteiger partial charge in [-0.3, -0.25) is 4.79 Å². The predicted octanol–water partition coefficient (Wildman–Crippen LogP) is 4.71. The van der Waals surface area contributed by atoms with Crippen LogP contribution in [0, 0.1) is 27.7 Å². The van der Waals surface area contributed by atoms with E-state index in [1.807, 2.05) is 62.7 Å². The topological polar surface area (TPSA) is 85.8 Å². The molecule has 0 aliphatic carbocycles. The van der Waals surface area contributed by atoms with Crippen molar-refractivity contribution in [3.05, 3.63) is 88.2 Å². The summed E-state index contributed by atoms with van der Waals surface area (Å²) in [6.07, 6.45) is 1.70. The highest BCUT2D eigenvalue weighted by Gasteiger charge is 2.18. The van der Waals surface area contributed by atoms with Crippen LogP contribution in [0.25, 0.3) is 5.69 Å². The fraction of sp³-hybridized carbons (Fsp3) is 0.250. The lowest BCUT2D eigenvalue weighted by Crippen LogP contribution is -2.24. The molecule has 8 heteroatoms. The summed E-state index contributed by atoms with van der Waals surface area (Å²) in [5, 5.41) is 12.4. The van der Waals surface area contributed by atoms with E-state index in [-0.39, 0.29) is 5.91 Å². The van der Waals surface area contributed by atoms with Gasteiger partial charge in [0.15, 0.2) is 0 Å². The average Bonchev–Trinajstić information content (AvgIpc) is 3.28. The monoisotopic (exact) mass is 447 g/mol. The van der Waals surface area contributed by atoms with Gasteiger partial charge in [-0.2, -0.15) is 5.10 Å². The molecule has 0 atom stereocenters. The van der Waals surface area contributed by atoms with Gasteiger partial charge in [0.25, 0.3) is 5.91 Å². The first-order valence-electron chi connectivity index (χ1n) is 10.3. The molecule has 1 aromatic carbocycles. The number of para-hydroxylation sites is 1. The van der Waals surface area contributed by atoms with E-state index < -0.39 is 0 Å². The van der Waals surface area contributed by atoms with Gasteiger partial charge in [-0.15, -0.1) is 11.8 Å². The molecule has 1 amide bonds. The Bertz CT molecular complexity index is 1230. The molecule has 3 aromatic heterocycles. The second kappa shape index (κ2) is 9.40. The summed E-state index contributed by atoms with van der Waals surface area (Å²) in [5.74, 6) is 1.27. The summed E-state index contributed by atoms with van der Waals surface area (Å²) in [6, 6.07) is 13.5. The molecule has 32 heavy (non-hydrogen) atoms. The highest BCUT2D eigenvalue weighted by atomic mass is 32.2. The average molecular weight is 448 g/mol. The van der Waals surface area contributed by atoms with Crippen molar-refractivity contribution in [1.82, 2.24) is 25.2 Å². The van der Waals surface area contributed by atoms with Crippen molar-refractivity contribution in [2.45, 2.75) is 45.0 Å². The van der Waals surface area contributed by atoms with Crippen LogP contribution in [0.5, 0.6) is 0 Å². The van der Waals surface area contributed by atoms with Gasteiger partial charge >= 0.3 is 0 Å². The molecule has 0 fully saturated rings. The normalized spacial score (nSPS) is 11.0. The van der Waals surface area contributed by atoms with Crippen molar-refractivity contribution >= 4 is 17.7 Å². The first kappa shape index (κ1) is 21.8. The molecule has 0 radical (unpaired) electrons. The van der Waals surface area contributed by atoms with Gasteiger partial charge < -0.3 is 9.84 Å². The smallest absolute Gasteiger partial charge is 0.254 e. The van der Waals surface area contributed by atoms with Crippen LogP contribution < -0.4 is 5.32 Å². The minimum absolute atomic E-state index is 0.161. The van der Waals surface area contributed by atoms with E-state index in [4.69, 9.17) is 4.52 Å². The van der Waals surface area contributed by atoms with Crippen LogP contribution >= 0.6 is 11.8 Å². The van der Waals surface area contributed by atoms with Crippen LogP contribution in [-0.2, 0) is 12.3 Å². The molecular formula is C24H25N5O2S. The molecular weight excluding hydrogens is 422 g/mol. The Morgan fingerprint density at radius 2 is 1.81 bits per heavy atom. The number of carbonyl (C=O) groups is 1. The second-order valence-electron chi connectivity index (χ2n) is 7.53. The van der Waals surface area contributed by atoms with E-state index in [1.165, 1.54) is 11.8 Å². The summed E-state index contributed by atoms with van der Waals surface area (Å²) in [6.45, 7) is 8.18.